The Balaban J connectivity index is 1.46. The second kappa shape index (κ2) is 9.06. The van der Waals surface area contributed by atoms with Crippen molar-refractivity contribution in [1.82, 2.24) is 9.72 Å². The van der Waals surface area contributed by atoms with Gasteiger partial charge in [-0.1, -0.05) is 24.6 Å². The van der Waals surface area contributed by atoms with Crippen molar-refractivity contribution in [2.45, 2.75) is 45.3 Å². The molecule has 0 amide bonds. The summed E-state index contributed by atoms with van der Waals surface area (Å²) in [5, 5.41) is 4.28. The van der Waals surface area contributed by atoms with Crippen LogP contribution in [0, 0.1) is 0 Å². The average Bonchev–Trinajstić information content (AvgIpc) is 3.37. The number of ether oxygens (including phenoxy) is 1. The lowest BCUT2D eigenvalue weighted by Gasteiger charge is -2.12. The van der Waals surface area contributed by atoms with Crippen molar-refractivity contribution < 1.29 is 27.2 Å². The second-order valence-electron chi connectivity index (χ2n) is 7.67. The summed E-state index contributed by atoms with van der Waals surface area (Å²) in [5.41, 5.74) is 1.80. The number of aryl methyl sites for hydroxylation is 2. The minimum Gasteiger partial charge on any atom is -0.493 e. The molecule has 0 aliphatic heterocycles. The maximum absolute atomic E-state index is 13.2. The van der Waals surface area contributed by atoms with Crippen LogP contribution in [-0.2, 0) is 30.4 Å². The van der Waals surface area contributed by atoms with Crippen molar-refractivity contribution >= 4 is 28.2 Å². The molecule has 0 atom stereocenters. The van der Waals surface area contributed by atoms with Crippen LogP contribution in [0.25, 0.3) is 21.9 Å². The predicted molar refractivity (Wildman–Crippen MR) is 115 cm³/mol. The van der Waals surface area contributed by atoms with Crippen LogP contribution in [0.2, 0.25) is 0 Å². The summed E-state index contributed by atoms with van der Waals surface area (Å²) in [7, 11) is 0. The van der Waals surface area contributed by atoms with Crippen LogP contribution < -0.4 is 4.74 Å². The summed E-state index contributed by atoms with van der Waals surface area (Å²) in [4.78, 5) is 10.7. The first-order valence-electron chi connectivity index (χ1n) is 10.5. The highest BCUT2D eigenvalue weighted by atomic mass is 19.4. The number of hydrogen-bond acceptors (Lipinski definition) is 4. The van der Waals surface area contributed by atoms with E-state index in [4.69, 9.17) is 9.26 Å². The fourth-order valence-electron chi connectivity index (χ4n) is 3.95. The summed E-state index contributed by atoms with van der Waals surface area (Å²) in [6, 6.07) is 10.9. The van der Waals surface area contributed by atoms with E-state index in [0.717, 1.165) is 35.7 Å². The van der Waals surface area contributed by atoms with Gasteiger partial charge in [0.05, 0.1) is 12.0 Å². The number of benzene rings is 2. The van der Waals surface area contributed by atoms with Gasteiger partial charge in [0.25, 0.3) is 0 Å². The number of hydrogen-bond donors (Lipinski definition) is 0. The van der Waals surface area contributed by atoms with Gasteiger partial charge < -0.3 is 18.6 Å². The van der Waals surface area contributed by atoms with Crippen LogP contribution in [0.4, 0.5) is 13.2 Å². The first-order valence-corrected chi connectivity index (χ1v) is 10.5. The standard InChI is InChI=1S/C24H23F3N2O3/c1-2-4-18-21(8-6-19-22(18)32-28-23(19)24(25,26)27)31-14-3-11-29-12-9-17-15-16(10-13-30)5-7-20(17)29/h5-9,12-13,15H,2-4,10-11,14H2,1H3. The number of carbonyl (C=O) groups is 1. The van der Waals surface area contributed by atoms with E-state index in [2.05, 4.69) is 9.72 Å². The molecule has 0 saturated heterocycles. The third-order valence-electron chi connectivity index (χ3n) is 5.42. The molecule has 0 radical (unpaired) electrons. The van der Waals surface area contributed by atoms with Crippen LogP contribution >= 0.6 is 0 Å². The van der Waals surface area contributed by atoms with E-state index >= 15 is 0 Å². The Morgan fingerprint density at radius 1 is 1.19 bits per heavy atom. The predicted octanol–water partition coefficient (Wildman–Crippen LogP) is 5.96. The van der Waals surface area contributed by atoms with E-state index in [1.807, 2.05) is 37.4 Å². The zero-order chi connectivity index (χ0) is 22.7. The lowest BCUT2D eigenvalue weighted by atomic mass is 10.0. The molecule has 2 aromatic heterocycles. The summed E-state index contributed by atoms with van der Waals surface area (Å²) >= 11 is 0. The zero-order valence-electron chi connectivity index (χ0n) is 17.6. The summed E-state index contributed by atoms with van der Waals surface area (Å²) in [6.45, 7) is 3.08. The maximum Gasteiger partial charge on any atom is 0.437 e. The number of carbonyl (C=O) groups excluding carboxylic acids is 1. The van der Waals surface area contributed by atoms with E-state index in [9.17, 15) is 18.0 Å². The Hall–Kier alpha value is -3.29. The van der Waals surface area contributed by atoms with Crippen molar-refractivity contribution in [2.75, 3.05) is 6.61 Å². The van der Waals surface area contributed by atoms with Gasteiger partial charge in [-0.15, -0.1) is 0 Å². The van der Waals surface area contributed by atoms with Crippen LogP contribution in [0.3, 0.4) is 0 Å². The highest BCUT2D eigenvalue weighted by Crippen LogP contribution is 2.38. The molecule has 0 bridgehead atoms. The zero-order valence-corrected chi connectivity index (χ0v) is 17.6. The third kappa shape index (κ3) is 4.35. The van der Waals surface area contributed by atoms with Crippen LogP contribution in [-0.4, -0.2) is 22.6 Å². The summed E-state index contributed by atoms with van der Waals surface area (Å²) in [6.07, 6.45) is 0.705. The Morgan fingerprint density at radius 2 is 2.03 bits per heavy atom. The molecule has 0 unspecified atom stereocenters. The Labute approximate surface area is 182 Å². The topological polar surface area (TPSA) is 57.3 Å². The fourth-order valence-corrected chi connectivity index (χ4v) is 3.95. The molecule has 0 N–H and O–H groups in total. The number of nitrogens with zero attached hydrogens (tertiary/aromatic N) is 2. The Morgan fingerprint density at radius 3 is 2.78 bits per heavy atom. The van der Waals surface area contributed by atoms with Crippen molar-refractivity contribution in [3.8, 4) is 5.75 Å². The molecule has 0 fully saturated rings. The molecule has 0 spiro atoms. The third-order valence-corrected chi connectivity index (χ3v) is 5.42. The van der Waals surface area contributed by atoms with Crippen molar-refractivity contribution in [1.29, 1.82) is 0 Å². The highest BCUT2D eigenvalue weighted by molar-refractivity contribution is 5.85. The second-order valence-corrected chi connectivity index (χ2v) is 7.67. The van der Waals surface area contributed by atoms with Crippen molar-refractivity contribution in [3.05, 3.63) is 59.4 Å². The van der Waals surface area contributed by atoms with Crippen molar-refractivity contribution in [3.63, 3.8) is 0 Å². The van der Waals surface area contributed by atoms with Gasteiger partial charge in [0, 0.05) is 30.2 Å². The normalized spacial score (nSPS) is 12.0. The quantitative estimate of drug-likeness (QED) is 0.236. The highest BCUT2D eigenvalue weighted by Gasteiger charge is 2.37. The molecule has 0 saturated carbocycles. The largest absolute Gasteiger partial charge is 0.493 e. The van der Waals surface area contributed by atoms with Gasteiger partial charge in [-0.3, -0.25) is 0 Å². The fraction of sp³-hybridized carbons (Fsp3) is 0.333. The van der Waals surface area contributed by atoms with Gasteiger partial charge in [-0.2, -0.15) is 13.2 Å². The monoisotopic (exact) mass is 444 g/mol. The number of aromatic nitrogens is 2. The molecular weight excluding hydrogens is 421 g/mol. The minimum atomic E-state index is -4.56. The molecule has 2 aromatic carbocycles. The van der Waals surface area contributed by atoms with Gasteiger partial charge in [-0.25, -0.2) is 0 Å². The molecule has 32 heavy (non-hydrogen) atoms. The molecule has 4 rings (SSSR count). The van der Waals surface area contributed by atoms with E-state index in [1.54, 1.807) is 6.07 Å². The maximum atomic E-state index is 13.2. The smallest absolute Gasteiger partial charge is 0.437 e. The molecule has 0 aliphatic carbocycles. The summed E-state index contributed by atoms with van der Waals surface area (Å²) < 4.78 is 52.6. The molecule has 8 heteroatoms. The average molecular weight is 444 g/mol. The van der Waals surface area contributed by atoms with Gasteiger partial charge in [-0.05, 0) is 54.1 Å². The number of alkyl halides is 3. The van der Waals surface area contributed by atoms with Crippen LogP contribution in [0.1, 0.15) is 36.6 Å². The number of halogens is 3. The molecule has 168 valence electrons. The van der Waals surface area contributed by atoms with E-state index in [0.29, 0.717) is 37.2 Å². The molecule has 0 aliphatic rings. The van der Waals surface area contributed by atoms with Gasteiger partial charge >= 0.3 is 6.18 Å². The van der Waals surface area contributed by atoms with E-state index < -0.39 is 11.9 Å². The summed E-state index contributed by atoms with van der Waals surface area (Å²) in [5.74, 6) is 0.528. The SMILES string of the molecule is CCCc1c(OCCCn2ccc3cc(CC=O)ccc32)ccc2c(C(F)(F)F)noc12. The molecular formula is C24H23F3N2O3. The number of rotatable bonds is 9. The first kappa shape index (κ1) is 21.9. The lowest BCUT2D eigenvalue weighted by Crippen LogP contribution is -2.06. The number of fused-ring (bicyclic) bond motifs is 2. The number of aldehydes is 1. The van der Waals surface area contributed by atoms with Gasteiger partial charge in [0.15, 0.2) is 11.3 Å². The van der Waals surface area contributed by atoms with Crippen molar-refractivity contribution in [2.24, 2.45) is 0 Å². The van der Waals surface area contributed by atoms with Gasteiger partial charge in [0.1, 0.15) is 12.0 Å². The van der Waals surface area contributed by atoms with E-state index in [-0.39, 0.29) is 11.0 Å². The Bertz CT molecular complexity index is 1240. The van der Waals surface area contributed by atoms with Gasteiger partial charge in [0.2, 0.25) is 0 Å². The van der Waals surface area contributed by atoms with E-state index in [1.165, 1.54) is 6.07 Å². The molecule has 5 nitrogen and oxygen atoms in total. The van der Waals surface area contributed by atoms with Crippen LogP contribution in [0.5, 0.6) is 5.75 Å². The first-order chi connectivity index (χ1) is 15.4. The Kier molecular flexibility index (Phi) is 6.21. The molecule has 4 aromatic rings. The molecule has 2 heterocycles. The lowest BCUT2D eigenvalue weighted by molar-refractivity contribution is -0.141. The van der Waals surface area contributed by atoms with Crippen LogP contribution in [0.15, 0.2) is 47.1 Å². The minimum absolute atomic E-state index is 0.0407.